The highest BCUT2D eigenvalue weighted by Gasteiger charge is 2.07. The van der Waals surface area contributed by atoms with E-state index < -0.39 is 0 Å². The Morgan fingerprint density at radius 2 is 2.24 bits per heavy atom. The van der Waals surface area contributed by atoms with Crippen LogP contribution in [0.3, 0.4) is 0 Å². The predicted molar refractivity (Wildman–Crippen MR) is 67.4 cm³/mol. The molecule has 0 aliphatic carbocycles. The Kier molecular flexibility index (Phi) is 3.54. The predicted octanol–water partition coefficient (Wildman–Crippen LogP) is 1.97. The van der Waals surface area contributed by atoms with Gasteiger partial charge in [-0.2, -0.15) is 5.10 Å². The van der Waals surface area contributed by atoms with E-state index in [0.717, 1.165) is 6.54 Å². The molecule has 2 rings (SSSR count). The molecular formula is C13H18N4. The second kappa shape index (κ2) is 5.10. The van der Waals surface area contributed by atoms with Crippen LogP contribution in [0, 0.1) is 6.92 Å². The van der Waals surface area contributed by atoms with Gasteiger partial charge in [-0.25, -0.2) is 0 Å². The van der Waals surface area contributed by atoms with E-state index >= 15 is 0 Å². The first-order chi connectivity index (χ1) is 8.16. The summed E-state index contributed by atoms with van der Waals surface area (Å²) in [6.45, 7) is 5.08. The zero-order chi connectivity index (χ0) is 12.3. The highest BCUT2D eigenvalue weighted by Crippen LogP contribution is 2.12. The molecule has 0 spiro atoms. The summed E-state index contributed by atoms with van der Waals surface area (Å²) in [5.41, 5.74) is 3.72. The van der Waals surface area contributed by atoms with E-state index in [1.807, 2.05) is 36.5 Å². The molecule has 0 bridgehead atoms. The third-order valence-electron chi connectivity index (χ3n) is 2.96. The molecule has 4 heteroatoms. The lowest BCUT2D eigenvalue weighted by Gasteiger charge is -2.13. The zero-order valence-corrected chi connectivity index (χ0v) is 10.5. The molecule has 0 saturated heterocycles. The summed E-state index contributed by atoms with van der Waals surface area (Å²) in [6.07, 6.45) is 7.67. The Morgan fingerprint density at radius 1 is 1.41 bits per heavy atom. The highest BCUT2D eigenvalue weighted by atomic mass is 15.2. The maximum absolute atomic E-state index is 4.18. The molecule has 2 aromatic heterocycles. The second-order valence-electron chi connectivity index (χ2n) is 4.35. The lowest BCUT2D eigenvalue weighted by molar-refractivity contribution is 0.572. The van der Waals surface area contributed by atoms with Gasteiger partial charge in [0.05, 0.1) is 6.20 Å². The number of nitrogens with zero attached hydrogens (tertiary/aromatic N) is 3. The Bertz CT molecular complexity index is 490. The van der Waals surface area contributed by atoms with Gasteiger partial charge in [-0.05, 0) is 31.0 Å². The average Bonchev–Trinajstić information content (AvgIpc) is 2.74. The first-order valence-corrected chi connectivity index (χ1v) is 5.78. The quantitative estimate of drug-likeness (QED) is 0.873. The molecule has 17 heavy (non-hydrogen) atoms. The smallest absolute Gasteiger partial charge is 0.0537 e. The maximum Gasteiger partial charge on any atom is 0.0537 e. The van der Waals surface area contributed by atoms with E-state index in [1.54, 1.807) is 0 Å². The summed E-state index contributed by atoms with van der Waals surface area (Å²) in [6, 6.07) is 2.36. The Morgan fingerprint density at radius 3 is 2.88 bits per heavy atom. The van der Waals surface area contributed by atoms with Gasteiger partial charge < -0.3 is 5.32 Å². The summed E-state index contributed by atoms with van der Waals surface area (Å²) in [5.74, 6) is 0. The summed E-state index contributed by atoms with van der Waals surface area (Å²) in [4.78, 5) is 4.09. The molecule has 4 nitrogen and oxygen atoms in total. The first-order valence-electron chi connectivity index (χ1n) is 5.78. The van der Waals surface area contributed by atoms with Gasteiger partial charge in [0, 0.05) is 43.8 Å². The third-order valence-corrected chi connectivity index (χ3v) is 2.96. The van der Waals surface area contributed by atoms with Crippen molar-refractivity contribution in [3.8, 4) is 0 Å². The van der Waals surface area contributed by atoms with Crippen LogP contribution in [0.4, 0.5) is 0 Å². The van der Waals surface area contributed by atoms with Crippen LogP contribution in [0.5, 0.6) is 0 Å². The fourth-order valence-corrected chi connectivity index (χ4v) is 1.75. The standard InChI is InChI=1S/C13H18N4/c1-10-6-14-5-4-12(10)7-15-11(2)13-8-16-17(3)9-13/h4-6,8-9,11,15H,7H2,1-3H3. The van der Waals surface area contributed by atoms with Crippen LogP contribution in [0.1, 0.15) is 29.7 Å². The second-order valence-corrected chi connectivity index (χ2v) is 4.35. The van der Waals surface area contributed by atoms with Crippen molar-refractivity contribution in [1.82, 2.24) is 20.1 Å². The minimum atomic E-state index is 0.302. The van der Waals surface area contributed by atoms with E-state index in [0.29, 0.717) is 6.04 Å². The van der Waals surface area contributed by atoms with Crippen molar-refractivity contribution in [3.63, 3.8) is 0 Å². The molecule has 1 atom stereocenters. The molecule has 0 aliphatic rings. The van der Waals surface area contributed by atoms with Crippen molar-refractivity contribution in [1.29, 1.82) is 0 Å². The summed E-state index contributed by atoms with van der Waals surface area (Å²) in [7, 11) is 1.93. The van der Waals surface area contributed by atoms with Crippen molar-refractivity contribution in [2.45, 2.75) is 26.4 Å². The largest absolute Gasteiger partial charge is 0.306 e. The number of rotatable bonds is 4. The lowest BCUT2D eigenvalue weighted by Crippen LogP contribution is -2.18. The third kappa shape index (κ3) is 2.91. The van der Waals surface area contributed by atoms with Gasteiger partial charge in [0.2, 0.25) is 0 Å². The van der Waals surface area contributed by atoms with Crippen LogP contribution < -0.4 is 5.32 Å². The van der Waals surface area contributed by atoms with Gasteiger partial charge >= 0.3 is 0 Å². The fourth-order valence-electron chi connectivity index (χ4n) is 1.75. The molecule has 0 aliphatic heterocycles. The van der Waals surface area contributed by atoms with E-state index in [4.69, 9.17) is 0 Å². The van der Waals surface area contributed by atoms with E-state index in [1.165, 1.54) is 16.7 Å². The molecule has 0 radical (unpaired) electrons. The van der Waals surface area contributed by atoms with Crippen LogP contribution in [0.15, 0.2) is 30.9 Å². The molecular weight excluding hydrogens is 212 g/mol. The number of hydrogen-bond donors (Lipinski definition) is 1. The van der Waals surface area contributed by atoms with Crippen LogP contribution >= 0.6 is 0 Å². The number of aromatic nitrogens is 3. The molecule has 0 aromatic carbocycles. The van der Waals surface area contributed by atoms with Gasteiger partial charge in [-0.1, -0.05) is 0 Å². The van der Waals surface area contributed by atoms with Gasteiger partial charge in [-0.15, -0.1) is 0 Å². The van der Waals surface area contributed by atoms with Gasteiger partial charge in [-0.3, -0.25) is 9.67 Å². The normalized spacial score (nSPS) is 12.6. The average molecular weight is 230 g/mol. The lowest BCUT2D eigenvalue weighted by atomic mass is 10.1. The fraction of sp³-hybridized carbons (Fsp3) is 0.385. The molecule has 0 saturated carbocycles. The number of nitrogens with one attached hydrogen (secondary N) is 1. The minimum Gasteiger partial charge on any atom is -0.306 e. The molecule has 2 aromatic rings. The zero-order valence-electron chi connectivity index (χ0n) is 10.5. The van der Waals surface area contributed by atoms with Gasteiger partial charge in [0.25, 0.3) is 0 Å². The van der Waals surface area contributed by atoms with Crippen LogP contribution in [-0.2, 0) is 13.6 Å². The van der Waals surface area contributed by atoms with Crippen LogP contribution in [0.2, 0.25) is 0 Å². The molecule has 1 unspecified atom stereocenters. The van der Waals surface area contributed by atoms with Crippen molar-refractivity contribution < 1.29 is 0 Å². The van der Waals surface area contributed by atoms with Crippen LogP contribution in [0.25, 0.3) is 0 Å². The number of aryl methyl sites for hydroxylation is 2. The van der Waals surface area contributed by atoms with Crippen molar-refractivity contribution in [2.24, 2.45) is 7.05 Å². The summed E-state index contributed by atoms with van der Waals surface area (Å²) >= 11 is 0. The van der Waals surface area contributed by atoms with Crippen molar-refractivity contribution in [2.75, 3.05) is 0 Å². The molecule has 2 heterocycles. The van der Waals surface area contributed by atoms with Crippen molar-refractivity contribution >= 4 is 0 Å². The topological polar surface area (TPSA) is 42.7 Å². The minimum absolute atomic E-state index is 0.302. The van der Waals surface area contributed by atoms with E-state index in [2.05, 4.69) is 35.3 Å². The molecule has 90 valence electrons. The maximum atomic E-state index is 4.18. The number of pyridine rings is 1. The Balaban J connectivity index is 1.97. The summed E-state index contributed by atoms with van der Waals surface area (Å²) in [5, 5.41) is 7.67. The van der Waals surface area contributed by atoms with Crippen LogP contribution in [-0.4, -0.2) is 14.8 Å². The number of hydrogen-bond acceptors (Lipinski definition) is 3. The first kappa shape index (κ1) is 11.8. The monoisotopic (exact) mass is 230 g/mol. The molecule has 1 N–H and O–H groups in total. The van der Waals surface area contributed by atoms with E-state index in [9.17, 15) is 0 Å². The van der Waals surface area contributed by atoms with E-state index in [-0.39, 0.29) is 0 Å². The molecule has 0 amide bonds. The SMILES string of the molecule is Cc1cnccc1CNC(C)c1cnn(C)c1. The summed E-state index contributed by atoms with van der Waals surface area (Å²) < 4.78 is 1.82. The van der Waals surface area contributed by atoms with Gasteiger partial charge in [0.15, 0.2) is 0 Å². The Labute approximate surface area is 102 Å². The van der Waals surface area contributed by atoms with Crippen molar-refractivity contribution in [3.05, 3.63) is 47.5 Å². The van der Waals surface area contributed by atoms with Gasteiger partial charge in [0.1, 0.15) is 0 Å². The highest BCUT2D eigenvalue weighted by molar-refractivity contribution is 5.21. The molecule has 0 fully saturated rings. The Hall–Kier alpha value is -1.68.